The first-order chi connectivity index (χ1) is 9.21. The molecule has 2 rings (SSSR count). The smallest absolute Gasteiger partial charge is 0.308 e. The summed E-state index contributed by atoms with van der Waals surface area (Å²) < 4.78 is 26.7. The second kappa shape index (κ2) is 5.67. The number of nitrogens with zero attached hydrogens (tertiary/aromatic N) is 1. The zero-order chi connectivity index (χ0) is 15.0. The lowest BCUT2D eigenvalue weighted by Gasteiger charge is -2.36. The van der Waals surface area contributed by atoms with E-state index in [9.17, 15) is 13.2 Å². The topological polar surface area (TPSA) is 74.7 Å². The summed E-state index contributed by atoms with van der Waals surface area (Å²) in [7, 11) is -3.50. The first kappa shape index (κ1) is 15.8. The number of sulfonamides is 1. The second-order valence-electron chi connectivity index (χ2n) is 5.24. The minimum Gasteiger partial charge on any atom is -0.481 e. The third-order valence-electron chi connectivity index (χ3n) is 2.95. The van der Waals surface area contributed by atoms with Crippen molar-refractivity contribution >= 4 is 39.1 Å². The van der Waals surface area contributed by atoms with E-state index in [0.29, 0.717) is 18.0 Å². The molecule has 0 bridgehead atoms. The van der Waals surface area contributed by atoms with Crippen LogP contribution in [-0.4, -0.2) is 47.4 Å². The molecule has 1 aliphatic heterocycles. The van der Waals surface area contributed by atoms with Gasteiger partial charge in [-0.05, 0) is 26.0 Å². The predicted molar refractivity (Wildman–Crippen MR) is 81.0 cm³/mol. The Kier molecular flexibility index (Phi) is 4.48. The first-order valence-electron chi connectivity index (χ1n) is 6.15. The minimum atomic E-state index is -3.50. The summed E-state index contributed by atoms with van der Waals surface area (Å²) in [6.07, 6.45) is -0.137. The average molecular weight is 335 g/mol. The number of carbonyl (C=O) groups is 1. The van der Waals surface area contributed by atoms with Crippen molar-refractivity contribution in [2.75, 3.05) is 18.8 Å². The van der Waals surface area contributed by atoms with E-state index in [1.165, 1.54) is 10.4 Å². The third-order valence-corrected chi connectivity index (χ3v) is 7.64. The number of thiophene rings is 1. The monoisotopic (exact) mass is 335 g/mol. The Labute approximate surface area is 127 Å². The van der Waals surface area contributed by atoms with Gasteiger partial charge >= 0.3 is 5.97 Å². The van der Waals surface area contributed by atoms with Gasteiger partial charge in [0.2, 0.25) is 0 Å². The van der Waals surface area contributed by atoms with E-state index in [-0.39, 0.29) is 15.4 Å². The van der Waals surface area contributed by atoms with E-state index in [0.717, 1.165) is 17.1 Å². The Morgan fingerprint density at radius 3 is 2.75 bits per heavy atom. The summed E-state index contributed by atoms with van der Waals surface area (Å²) in [5, 5.41) is 8.74. The molecule has 0 aromatic carbocycles. The molecule has 112 valence electrons. The van der Waals surface area contributed by atoms with Crippen molar-refractivity contribution in [3.8, 4) is 0 Å². The van der Waals surface area contributed by atoms with Gasteiger partial charge in [0, 0.05) is 28.5 Å². The molecule has 20 heavy (non-hydrogen) atoms. The molecule has 1 N–H and O–H groups in total. The predicted octanol–water partition coefficient (Wildman–Crippen LogP) is 1.89. The van der Waals surface area contributed by atoms with Crippen LogP contribution in [-0.2, 0) is 21.2 Å². The van der Waals surface area contributed by atoms with Crippen molar-refractivity contribution in [1.29, 1.82) is 0 Å². The fraction of sp³-hybridized carbons (Fsp3) is 0.583. The van der Waals surface area contributed by atoms with Gasteiger partial charge in [-0.1, -0.05) is 0 Å². The van der Waals surface area contributed by atoms with E-state index in [2.05, 4.69) is 0 Å². The lowest BCUT2D eigenvalue weighted by molar-refractivity contribution is -0.136. The Hall–Kier alpha value is -0.570. The molecular weight excluding hydrogens is 318 g/mol. The minimum absolute atomic E-state index is 0.0908. The third kappa shape index (κ3) is 3.55. The van der Waals surface area contributed by atoms with Gasteiger partial charge in [-0.25, -0.2) is 8.42 Å². The van der Waals surface area contributed by atoms with E-state index >= 15 is 0 Å². The van der Waals surface area contributed by atoms with Crippen LogP contribution in [0.2, 0.25) is 0 Å². The van der Waals surface area contributed by atoms with Crippen molar-refractivity contribution < 1.29 is 18.3 Å². The summed E-state index contributed by atoms with van der Waals surface area (Å²) in [4.78, 5) is 11.2. The van der Waals surface area contributed by atoms with Gasteiger partial charge in [0.05, 0.1) is 6.42 Å². The first-order valence-corrected chi connectivity index (χ1v) is 9.39. The van der Waals surface area contributed by atoms with E-state index in [1.54, 1.807) is 17.8 Å². The second-order valence-corrected chi connectivity index (χ2v) is 10.4. The Morgan fingerprint density at radius 1 is 1.45 bits per heavy atom. The SMILES string of the molecule is CC1(C)CN(S(=O)(=O)c2ccc(CC(=O)O)s2)CCS1. The molecule has 0 amide bonds. The van der Waals surface area contributed by atoms with Crippen molar-refractivity contribution in [2.24, 2.45) is 0 Å². The van der Waals surface area contributed by atoms with Crippen LogP contribution in [0.4, 0.5) is 0 Å². The Morgan fingerprint density at radius 2 is 2.15 bits per heavy atom. The number of carboxylic acid groups (broad SMARTS) is 1. The highest BCUT2D eigenvalue weighted by Gasteiger charge is 2.35. The van der Waals surface area contributed by atoms with Crippen LogP contribution in [0.5, 0.6) is 0 Å². The summed E-state index contributed by atoms with van der Waals surface area (Å²) in [5.41, 5.74) is 0. The van der Waals surface area contributed by atoms with Crippen LogP contribution in [0.1, 0.15) is 18.7 Å². The van der Waals surface area contributed by atoms with Gasteiger partial charge in [-0.15, -0.1) is 11.3 Å². The molecule has 0 saturated carbocycles. The molecule has 0 unspecified atom stereocenters. The van der Waals surface area contributed by atoms with Gasteiger partial charge in [-0.3, -0.25) is 4.79 Å². The molecule has 2 heterocycles. The molecule has 5 nitrogen and oxygen atoms in total. The number of carboxylic acids is 1. The van der Waals surface area contributed by atoms with E-state index in [1.807, 2.05) is 13.8 Å². The maximum Gasteiger partial charge on any atom is 0.308 e. The molecule has 1 aliphatic rings. The van der Waals surface area contributed by atoms with Crippen LogP contribution in [0.3, 0.4) is 0 Å². The number of aliphatic carboxylic acids is 1. The highest BCUT2D eigenvalue weighted by Crippen LogP contribution is 2.34. The Balaban J connectivity index is 2.21. The van der Waals surface area contributed by atoms with Gasteiger partial charge in [0.1, 0.15) is 4.21 Å². The maximum atomic E-state index is 12.6. The molecule has 0 atom stereocenters. The molecule has 0 radical (unpaired) electrons. The molecule has 0 aliphatic carbocycles. The number of thioether (sulfide) groups is 1. The fourth-order valence-corrected chi connectivity index (χ4v) is 6.46. The molecule has 8 heteroatoms. The van der Waals surface area contributed by atoms with Crippen LogP contribution in [0.25, 0.3) is 0 Å². The molecule has 1 aromatic heterocycles. The van der Waals surface area contributed by atoms with Gasteiger partial charge < -0.3 is 5.11 Å². The normalized spacial score (nSPS) is 19.9. The van der Waals surface area contributed by atoms with Gasteiger partial charge in [0.15, 0.2) is 0 Å². The number of hydrogen-bond donors (Lipinski definition) is 1. The standard InChI is InChI=1S/C12H17NO4S3/c1-12(2)8-13(5-6-18-12)20(16,17)11-4-3-9(19-11)7-10(14)15/h3-4H,5-8H2,1-2H3,(H,14,15). The van der Waals surface area contributed by atoms with Crippen molar-refractivity contribution in [3.05, 3.63) is 17.0 Å². The van der Waals surface area contributed by atoms with E-state index in [4.69, 9.17) is 5.11 Å². The fourth-order valence-electron chi connectivity index (χ4n) is 2.05. The largest absolute Gasteiger partial charge is 0.481 e. The van der Waals surface area contributed by atoms with Crippen LogP contribution >= 0.6 is 23.1 Å². The van der Waals surface area contributed by atoms with Crippen LogP contribution < -0.4 is 0 Å². The van der Waals surface area contributed by atoms with Crippen molar-refractivity contribution in [2.45, 2.75) is 29.2 Å². The average Bonchev–Trinajstić information content (AvgIpc) is 2.75. The molecule has 0 spiro atoms. The number of hydrogen-bond acceptors (Lipinski definition) is 5. The maximum absolute atomic E-state index is 12.6. The molecule has 1 saturated heterocycles. The zero-order valence-electron chi connectivity index (χ0n) is 11.3. The lowest BCUT2D eigenvalue weighted by Crippen LogP contribution is -2.45. The summed E-state index contributed by atoms with van der Waals surface area (Å²) >= 11 is 2.81. The quantitative estimate of drug-likeness (QED) is 0.909. The van der Waals surface area contributed by atoms with Gasteiger partial charge in [0.25, 0.3) is 10.0 Å². The highest BCUT2D eigenvalue weighted by molar-refractivity contribution is 8.00. The lowest BCUT2D eigenvalue weighted by atomic mass is 10.2. The molecular formula is C12H17NO4S3. The molecule has 1 aromatic rings. The zero-order valence-corrected chi connectivity index (χ0v) is 13.8. The molecule has 1 fully saturated rings. The van der Waals surface area contributed by atoms with Gasteiger partial charge in [-0.2, -0.15) is 16.1 Å². The van der Waals surface area contributed by atoms with Crippen molar-refractivity contribution in [3.63, 3.8) is 0 Å². The summed E-state index contributed by atoms with van der Waals surface area (Å²) in [5.74, 6) is -0.175. The van der Waals surface area contributed by atoms with Crippen molar-refractivity contribution in [1.82, 2.24) is 4.31 Å². The summed E-state index contributed by atoms with van der Waals surface area (Å²) in [6.45, 7) is 5.04. The number of rotatable bonds is 4. The van der Waals surface area contributed by atoms with E-state index < -0.39 is 16.0 Å². The van der Waals surface area contributed by atoms with Crippen LogP contribution in [0, 0.1) is 0 Å². The summed E-state index contributed by atoms with van der Waals surface area (Å²) in [6, 6.07) is 3.09. The Bertz CT molecular complexity index is 606. The van der Waals surface area contributed by atoms with Crippen LogP contribution in [0.15, 0.2) is 16.3 Å². The highest BCUT2D eigenvalue weighted by atomic mass is 32.2.